The number of nitrogens with zero attached hydrogens (tertiary/aromatic N) is 2. The molecule has 1 aromatic heterocycles. The van der Waals surface area contributed by atoms with Gasteiger partial charge in [0, 0.05) is 29.8 Å². The van der Waals surface area contributed by atoms with E-state index in [9.17, 15) is 14.3 Å². The van der Waals surface area contributed by atoms with Crippen molar-refractivity contribution in [1.29, 1.82) is 0 Å². The lowest BCUT2D eigenvalue weighted by Crippen LogP contribution is -2.53. The molecule has 4 aromatic rings. The van der Waals surface area contributed by atoms with Crippen LogP contribution < -0.4 is 4.74 Å². The van der Waals surface area contributed by atoms with Gasteiger partial charge in [0.25, 0.3) is 0 Å². The molecular formula is C28H24ClFN2O4. The van der Waals surface area contributed by atoms with Gasteiger partial charge < -0.3 is 14.4 Å². The molecule has 1 aliphatic rings. The van der Waals surface area contributed by atoms with Crippen LogP contribution in [0.3, 0.4) is 0 Å². The van der Waals surface area contributed by atoms with Crippen LogP contribution in [0.4, 0.5) is 4.39 Å². The van der Waals surface area contributed by atoms with Gasteiger partial charge in [-0.05, 0) is 61.5 Å². The smallest absolute Gasteiger partial charge is 0.199 e. The number of phenolic OH excluding ortho intramolecular Hbond substituents is 1. The summed E-state index contributed by atoms with van der Waals surface area (Å²) in [5, 5.41) is 14.2. The first-order chi connectivity index (χ1) is 17.4. The normalized spacial score (nSPS) is 14.0. The summed E-state index contributed by atoms with van der Waals surface area (Å²) in [5.41, 5.74) is 1.57. The molecule has 36 heavy (non-hydrogen) atoms. The average Bonchev–Trinajstić information content (AvgIpc) is 3.29. The molecule has 0 atom stereocenters. The third-order valence-corrected chi connectivity index (χ3v) is 6.46. The number of hydrogen-bond donors (Lipinski definition) is 1. The van der Waals surface area contributed by atoms with Crippen molar-refractivity contribution in [3.05, 3.63) is 88.7 Å². The van der Waals surface area contributed by atoms with Gasteiger partial charge in [0.2, 0.25) is 0 Å². The van der Waals surface area contributed by atoms with E-state index in [1.165, 1.54) is 30.3 Å². The molecule has 0 spiro atoms. The highest BCUT2D eigenvalue weighted by atomic mass is 35.5. The number of ketones is 1. The molecule has 5 rings (SSSR count). The van der Waals surface area contributed by atoms with E-state index in [0.29, 0.717) is 16.1 Å². The van der Waals surface area contributed by atoms with E-state index in [1.807, 2.05) is 0 Å². The summed E-state index contributed by atoms with van der Waals surface area (Å²) >= 11 is 6.40. The number of hydrogen-bond acceptors (Lipinski definition) is 6. The van der Waals surface area contributed by atoms with E-state index in [0.717, 1.165) is 26.1 Å². The van der Waals surface area contributed by atoms with Crippen molar-refractivity contribution < 1.29 is 23.6 Å². The molecule has 2 heterocycles. The maximum atomic E-state index is 15.0. The Labute approximate surface area is 212 Å². The van der Waals surface area contributed by atoms with Crippen LogP contribution in [-0.2, 0) is 0 Å². The van der Waals surface area contributed by atoms with Crippen molar-refractivity contribution in [2.45, 2.75) is 19.4 Å². The first-order valence-corrected chi connectivity index (χ1v) is 12.1. The van der Waals surface area contributed by atoms with Crippen molar-refractivity contribution in [3.63, 3.8) is 0 Å². The number of halogens is 2. The molecule has 6 nitrogen and oxygen atoms in total. The minimum absolute atomic E-state index is 0.0689. The number of aromatic nitrogens is 1. The van der Waals surface area contributed by atoms with Crippen molar-refractivity contribution in [3.8, 4) is 34.1 Å². The topological polar surface area (TPSA) is 75.8 Å². The number of rotatable bonds is 8. The molecule has 0 amide bonds. The second kappa shape index (κ2) is 10.1. The molecule has 1 N–H and O–H groups in total. The van der Waals surface area contributed by atoms with Crippen LogP contribution in [0.2, 0.25) is 5.02 Å². The van der Waals surface area contributed by atoms with Gasteiger partial charge in [0.1, 0.15) is 17.5 Å². The number of carbonyl (C=O) groups excluding carboxylic acids is 1. The minimum atomic E-state index is -0.614. The third kappa shape index (κ3) is 4.72. The van der Waals surface area contributed by atoms with Crippen molar-refractivity contribution in [2.75, 3.05) is 19.6 Å². The molecule has 1 fully saturated rings. The first-order valence-electron chi connectivity index (χ1n) is 11.7. The van der Waals surface area contributed by atoms with Gasteiger partial charge in [-0.25, -0.2) is 4.39 Å². The Hall–Kier alpha value is -3.68. The second-order valence-corrected chi connectivity index (χ2v) is 9.14. The van der Waals surface area contributed by atoms with E-state index >= 15 is 0 Å². The van der Waals surface area contributed by atoms with Crippen molar-refractivity contribution in [2.24, 2.45) is 0 Å². The Balaban J connectivity index is 1.49. The van der Waals surface area contributed by atoms with Crippen molar-refractivity contribution in [1.82, 2.24) is 10.1 Å². The monoisotopic (exact) mass is 506 g/mol. The summed E-state index contributed by atoms with van der Waals surface area (Å²) in [6.07, 6.45) is 0.988. The van der Waals surface area contributed by atoms with E-state index in [1.54, 1.807) is 36.4 Å². The molecule has 1 aliphatic heterocycles. The SMILES string of the molecule is CCCN1CC(Oc2ccc(C(=O)c3c(-c4ccccc4Cl)noc3-c3ccc(O)cc3)cc2F)C1. The lowest BCUT2D eigenvalue weighted by molar-refractivity contribution is 0.0179. The molecule has 3 aromatic carbocycles. The highest BCUT2D eigenvalue weighted by molar-refractivity contribution is 6.33. The van der Waals surface area contributed by atoms with Gasteiger partial charge >= 0.3 is 0 Å². The molecular weight excluding hydrogens is 483 g/mol. The Morgan fingerprint density at radius 2 is 1.92 bits per heavy atom. The van der Waals surface area contributed by atoms with Gasteiger partial charge in [0.15, 0.2) is 23.1 Å². The Morgan fingerprint density at radius 3 is 2.61 bits per heavy atom. The highest BCUT2D eigenvalue weighted by Gasteiger charge is 2.30. The summed E-state index contributed by atoms with van der Waals surface area (Å²) in [6.45, 7) is 4.62. The van der Waals surface area contributed by atoms with Crippen LogP contribution in [0.1, 0.15) is 29.3 Å². The largest absolute Gasteiger partial charge is 0.508 e. The number of likely N-dealkylation sites (tertiary alicyclic amines) is 1. The zero-order valence-electron chi connectivity index (χ0n) is 19.6. The minimum Gasteiger partial charge on any atom is -0.508 e. The summed E-state index contributed by atoms with van der Waals surface area (Å²) in [6, 6.07) is 17.3. The van der Waals surface area contributed by atoms with Crippen LogP contribution in [0, 0.1) is 5.82 Å². The third-order valence-electron chi connectivity index (χ3n) is 6.13. The Bertz CT molecular complexity index is 1400. The van der Waals surface area contributed by atoms with E-state index in [4.69, 9.17) is 20.9 Å². The fraction of sp³-hybridized carbons (Fsp3) is 0.214. The van der Waals surface area contributed by atoms with E-state index in [2.05, 4.69) is 17.0 Å². The standard InChI is InChI=1S/C28H24ClFN2O4/c1-2-13-32-15-20(16-32)35-24-12-9-18(14-23(24)30)27(34)25-26(21-5-3-4-6-22(21)29)31-36-28(25)17-7-10-19(33)11-8-17/h3-12,14,20,33H,2,13,15-16H2,1H3. The molecule has 184 valence electrons. The van der Waals surface area contributed by atoms with E-state index < -0.39 is 11.6 Å². The van der Waals surface area contributed by atoms with Gasteiger partial charge in [-0.1, -0.05) is 41.9 Å². The van der Waals surface area contributed by atoms with Gasteiger partial charge in [-0.3, -0.25) is 9.69 Å². The number of aromatic hydroxyl groups is 1. The van der Waals surface area contributed by atoms with Crippen LogP contribution >= 0.6 is 11.6 Å². The zero-order chi connectivity index (χ0) is 25.2. The predicted molar refractivity (Wildman–Crippen MR) is 135 cm³/mol. The summed E-state index contributed by atoms with van der Waals surface area (Å²) in [4.78, 5) is 16.0. The Kier molecular flexibility index (Phi) is 6.76. The first kappa shape index (κ1) is 24.0. The molecule has 0 unspecified atom stereocenters. The van der Waals surface area contributed by atoms with Crippen LogP contribution in [-0.4, -0.2) is 46.7 Å². The number of phenols is 1. The second-order valence-electron chi connectivity index (χ2n) is 8.74. The summed E-state index contributed by atoms with van der Waals surface area (Å²) < 4.78 is 26.4. The highest BCUT2D eigenvalue weighted by Crippen LogP contribution is 2.37. The molecule has 0 bridgehead atoms. The number of carbonyl (C=O) groups is 1. The summed E-state index contributed by atoms with van der Waals surface area (Å²) in [7, 11) is 0. The predicted octanol–water partition coefficient (Wildman–Crippen LogP) is 6.21. The fourth-order valence-electron chi connectivity index (χ4n) is 4.31. The quantitative estimate of drug-likeness (QED) is 0.286. The summed E-state index contributed by atoms with van der Waals surface area (Å²) in [5.74, 6) is -0.710. The number of benzene rings is 3. The van der Waals surface area contributed by atoms with Gasteiger partial charge in [-0.2, -0.15) is 0 Å². The molecule has 1 saturated heterocycles. The lowest BCUT2D eigenvalue weighted by atomic mass is 9.95. The number of ether oxygens (including phenoxy) is 1. The molecule has 0 aliphatic carbocycles. The van der Waals surface area contributed by atoms with Gasteiger partial charge in [0.05, 0.1) is 10.6 Å². The van der Waals surface area contributed by atoms with Crippen LogP contribution in [0.25, 0.3) is 22.6 Å². The van der Waals surface area contributed by atoms with Crippen LogP contribution in [0.5, 0.6) is 11.5 Å². The van der Waals surface area contributed by atoms with E-state index in [-0.39, 0.29) is 40.2 Å². The lowest BCUT2D eigenvalue weighted by Gasteiger charge is -2.38. The zero-order valence-corrected chi connectivity index (χ0v) is 20.3. The maximum absolute atomic E-state index is 15.0. The Morgan fingerprint density at radius 1 is 1.17 bits per heavy atom. The molecule has 8 heteroatoms. The average molecular weight is 507 g/mol. The van der Waals surface area contributed by atoms with Crippen LogP contribution in [0.15, 0.2) is 71.3 Å². The molecule has 0 saturated carbocycles. The fourth-order valence-corrected chi connectivity index (χ4v) is 4.53. The van der Waals surface area contributed by atoms with Crippen molar-refractivity contribution >= 4 is 17.4 Å². The molecule has 0 radical (unpaired) electrons. The van der Waals surface area contributed by atoms with Gasteiger partial charge in [-0.15, -0.1) is 0 Å². The maximum Gasteiger partial charge on any atom is 0.199 e.